The number of hydrogen-bond donors (Lipinski definition) is 0. The smallest absolute Gasteiger partial charge is 0.164 e. The van der Waals surface area contributed by atoms with Crippen LogP contribution in [0.25, 0.3) is 56.4 Å². The van der Waals surface area contributed by atoms with Crippen molar-refractivity contribution in [3.05, 3.63) is 198 Å². The van der Waals surface area contributed by atoms with E-state index < -0.39 is 5.41 Å². The summed E-state index contributed by atoms with van der Waals surface area (Å²) in [7, 11) is 0. The summed E-state index contributed by atoms with van der Waals surface area (Å²) >= 11 is 0. The average Bonchev–Trinajstić information content (AvgIpc) is 3.51. The number of ether oxygens (including phenoxy) is 1. The summed E-state index contributed by atoms with van der Waals surface area (Å²) in [5, 5.41) is 9.83. The monoisotopic (exact) mass is 664 g/mol. The van der Waals surface area contributed by atoms with E-state index in [9.17, 15) is 5.26 Å². The van der Waals surface area contributed by atoms with Crippen LogP contribution in [0.2, 0.25) is 0 Å². The quantitative estimate of drug-likeness (QED) is 0.187. The molecule has 0 bridgehead atoms. The standard InChI is InChI=1S/C47H28N4O/c48-29-30-19-25-40-42(27-30)52-43-28-35(24-26-41(43)47(40)38-17-9-7-15-36(38)37-16-8-10-18-39(37)47)31-20-22-34(23-21-31)46-50-44(32-11-3-1-4-12-32)49-45(51-46)33-13-5-2-6-14-33/h1-28H. The maximum atomic E-state index is 9.83. The second-order valence-corrected chi connectivity index (χ2v) is 13.1. The molecular formula is C47H28N4O. The fourth-order valence-electron chi connectivity index (χ4n) is 7.91. The average molecular weight is 665 g/mol. The minimum Gasteiger partial charge on any atom is -0.457 e. The van der Waals surface area contributed by atoms with Crippen molar-refractivity contribution in [2.24, 2.45) is 0 Å². The summed E-state index contributed by atoms with van der Waals surface area (Å²) in [5.74, 6) is 3.34. The Labute approximate surface area is 301 Å². The minimum atomic E-state index is -0.585. The van der Waals surface area contributed by atoms with Gasteiger partial charge in [0.2, 0.25) is 0 Å². The Bertz CT molecular complexity index is 2610. The Morgan fingerprint density at radius 3 is 1.40 bits per heavy atom. The molecule has 52 heavy (non-hydrogen) atoms. The van der Waals surface area contributed by atoms with Gasteiger partial charge >= 0.3 is 0 Å². The summed E-state index contributed by atoms with van der Waals surface area (Å²) < 4.78 is 6.72. The van der Waals surface area contributed by atoms with Crippen molar-refractivity contribution in [1.82, 2.24) is 15.0 Å². The number of rotatable bonds is 4. The van der Waals surface area contributed by atoms with Crippen molar-refractivity contribution in [1.29, 1.82) is 5.26 Å². The first-order chi connectivity index (χ1) is 25.7. The van der Waals surface area contributed by atoms with E-state index >= 15 is 0 Å². The highest BCUT2D eigenvalue weighted by Gasteiger charge is 2.51. The van der Waals surface area contributed by atoms with Crippen molar-refractivity contribution < 1.29 is 4.74 Å². The van der Waals surface area contributed by atoms with Gasteiger partial charge in [-0.3, -0.25) is 0 Å². The third-order valence-corrected chi connectivity index (χ3v) is 10.2. The lowest BCUT2D eigenvalue weighted by atomic mass is 9.66. The SMILES string of the molecule is N#Cc1ccc2c(c1)Oc1cc(-c3ccc(-c4nc(-c5ccccc5)nc(-c5ccccc5)n4)cc3)ccc1C21c2ccccc2-c2ccccc21. The largest absolute Gasteiger partial charge is 0.457 e. The van der Waals surface area contributed by atoms with Gasteiger partial charge in [-0.05, 0) is 51.6 Å². The lowest BCUT2D eigenvalue weighted by Crippen LogP contribution is -2.32. The molecule has 2 aliphatic rings. The van der Waals surface area contributed by atoms with E-state index in [4.69, 9.17) is 19.7 Å². The van der Waals surface area contributed by atoms with Gasteiger partial charge in [-0.1, -0.05) is 152 Å². The summed E-state index contributed by atoms with van der Waals surface area (Å²) in [6, 6.07) is 60.3. The zero-order valence-corrected chi connectivity index (χ0v) is 27.9. The molecule has 2 heterocycles. The first-order valence-corrected chi connectivity index (χ1v) is 17.2. The maximum absolute atomic E-state index is 9.83. The number of fused-ring (bicyclic) bond motifs is 9. The normalized spacial score (nSPS) is 12.9. The van der Waals surface area contributed by atoms with Gasteiger partial charge < -0.3 is 4.74 Å². The van der Waals surface area contributed by atoms with Crippen molar-refractivity contribution in [3.8, 4) is 74.0 Å². The highest BCUT2D eigenvalue weighted by molar-refractivity contribution is 5.89. The van der Waals surface area contributed by atoms with Gasteiger partial charge in [-0.25, -0.2) is 15.0 Å². The second kappa shape index (κ2) is 11.7. The number of aromatic nitrogens is 3. The molecule has 0 atom stereocenters. The molecule has 0 amide bonds. The minimum absolute atomic E-state index is 0.563. The van der Waals surface area contributed by atoms with Crippen LogP contribution < -0.4 is 4.74 Å². The molecule has 0 N–H and O–H groups in total. The predicted octanol–water partition coefficient (Wildman–Crippen LogP) is 10.9. The van der Waals surface area contributed by atoms with Gasteiger partial charge in [0.15, 0.2) is 17.5 Å². The Hall–Kier alpha value is -7.16. The molecule has 7 aromatic carbocycles. The Morgan fingerprint density at radius 1 is 0.404 bits per heavy atom. The third-order valence-electron chi connectivity index (χ3n) is 10.2. The van der Waals surface area contributed by atoms with Crippen molar-refractivity contribution >= 4 is 0 Å². The number of nitriles is 1. The van der Waals surface area contributed by atoms with Crippen LogP contribution in [0.4, 0.5) is 0 Å². The molecule has 0 saturated heterocycles. The highest BCUT2D eigenvalue weighted by Crippen LogP contribution is 2.62. The van der Waals surface area contributed by atoms with Crippen LogP contribution >= 0.6 is 0 Å². The van der Waals surface area contributed by atoms with E-state index in [2.05, 4.69) is 103 Å². The van der Waals surface area contributed by atoms with Crippen molar-refractivity contribution in [3.63, 3.8) is 0 Å². The molecule has 0 radical (unpaired) electrons. The van der Waals surface area contributed by atoms with Gasteiger partial charge in [0.1, 0.15) is 11.5 Å². The predicted molar refractivity (Wildman–Crippen MR) is 204 cm³/mol. The molecule has 1 aliphatic heterocycles. The molecule has 0 unspecified atom stereocenters. The van der Waals surface area contributed by atoms with Gasteiger partial charge in [0.25, 0.3) is 0 Å². The van der Waals surface area contributed by atoms with Gasteiger partial charge in [-0.2, -0.15) is 5.26 Å². The Morgan fingerprint density at radius 2 is 0.846 bits per heavy atom. The van der Waals surface area contributed by atoms with Crippen LogP contribution in [0.5, 0.6) is 11.5 Å². The lowest BCUT2D eigenvalue weighted by molar-refractivity contribution is 0.436. The van der Waals surface area contributed by atoms with Crippen LogP contribution in [0.3, 0.4) is 0 Å². The molecule has 1 spiro atoms. The molecule has 242 valence electrons. The fraction of sp³-hybridized carbons (Fsp3) is 0.0213. The van der Waals surface area contributed by atoms with Crippen LogP contribution in [-0.4, -0.2) is 15.0 Å². The summed E-state index contributed by atoms with van der Waals surface area (Å²) in [5.41, 5.74) is 11.8. The third kappa shape index (κ3) is 4.52. The lowest BCUT2D eigenvalue weighted by Gasteiger charge is -2.39. The van der Waals surface area contributed by atoms with E-state index in [-0.39, 0.29) is 0 Å². The molecular weight excluding hydrogens is 637 g/mol. The van der Waals surface area contributed by atoms with Gasteiger partial charge in [-0.15, -0.1) is 0 Å². The zero-order valence-electron chi connectivity index (χ0n) is 27.9. The Kier molecular flexibility index (Phi) is 6.70. The molecule has 10 rings (SSSR count). The fourth-order valence-corrected chi connectivity index (χ4v) is 7.91. The molecule has 5 nitrogen and oxygen atoms in total. The van der Waals surface area contributed by atoms with Crippen LogP contribution in [0, 0.1) is 11.3 Å². The van der Waals surface area contributed by atoms with E-state index in [1.807, 2.05) is 72.8 Å². The van der Waals surface area contributed by atoms with Crippen molar-refractivity contribution in [2.75, 3.05) is 0 Å². The maximum Gasteiger partial charge on any atom is 0.164 e. The topological polar surface area (TPSA) is 71.7 Å². The molecule has 1 aliphatic carbocycles. The first kappa shape index (κ1) is 29.7. The van der Waals surface area contributed by atoms with E-state index in [1.54, 1.807) is 0 Å². The highest BCUT2D eigenvalue weighted by atomic mass is 16.5. The molecule has 0 fully saturated rings. The van der Waals surface area contributed by atoms with Crippen molar-refractivity contribution in [2.45, 2.75) is 5.41 Å². The van der Waals surface area contributed by atoms with Crippen LogP contribution in [0.1, 0.15) is 27.8 Å². The zero-order chi connectivity index (χ0) is 34.6. The summed E-state index contributed by atoms with van der Waals surface area (Å²) in [6.07, 6.45) is 0. The molecule has 8 aromatic rings. The van der Waals surface area contributed by atoms with Crippen LogP contribution in [0.15, 0.2) is 170 Å². The van der Waals surface area contributed by atoms with Gasteiger partial charge in [0.05, 0.1) is 17.0 Å². The second-order valence-electron chi connectivity index (χ2n) is 13.1. The molecule has 0 saturated carbocycles. The molecule has 1 aromatic heterocycles. The number of benzene rings is 7. The van der Waals surface area contributed by atoms with E-state index in [0.29, 0.717) is 28.8 Å². The van der Waals surface area contributed by atoms with Crippen LogP contribution in [-0.2, 0) is 5.41 Å². The summed E-state index contributed by atoms with van der Waals surface area (Å²) in [6.45, 7) is 0. The van der Waals surface area contributed by atoms with E-state index in [0.717, 1.165) is 44.7 Å². The molecule has 5 heteroatoms. The van der Waals surface area contributed by atoms with E-state index in [1.165, 1.54) is 22.3 Å². The first-order valence-electron chi connectivity index (χ1n) is 17.2. The van der Waals surface area contributed by atoms with Gasteiger partial charge in [0, 0.05) is 27.8 Å². The number of hydrogen-bond acceptors (Lipinski definition) is 5. The summed E-state index contributed by atoms with van der Waals surface area (Å²) in [4.78, 5) is 14.7. The number of nitrogens with zero attached hydrogens (tertiary/aromatic N) is 4. The Balaban J connectivity index is 1.09.